The Bertz CT molecular complexity index is 1240. The number of unbranched alkanes of at least 4 members (excludes halogenated alkanes) is 6. The highest BCUT2D eigenvalue weighted by atomic mass is 16.5. The lowest BCUT2D eigenvalue weighted by molar-refractivity contribution is -0.137. The predicted molar refractivity (Wildman–Crippen MR) is 209 cm³/mol. The van der Waals surface area contributed by atoms with E-state index in [1.807, 2.05) is 6.92 Å². The number of nitrogens with one attached hydrogen (secondary N) is 2. The van der Waals surface area contributed by atoms with Gasteiger partial charge in [-0.05, 0) is 68.7 Å². The Morgan fingerprint density at radius 2 is 1.16 bits per heavy atom. The first kappa shape index (κ1) is 50.1. The van der Waals surface area contributed by atoms with Crippen LogP contribution in [0.25, 0.3) is 0 Å². The second-order valence-corrected chi connectivity index (χ2v) is 13.7. The number of Topliss-reactive ketones (excluding diaryl/α,β-unsaturated/α-hetero) is 2. The number of aromatic carboxylic acids is 1. The molecular weight excluding hydrogens is 728 g/mol. The van der Waals surface area contributed by atoms with Gasteiger partial charge in [0.2, 0.25) is 11.8 Å². The summed E-state index contributed by atoms with van der Waals surface area (Å²) in [5.74, 6) is -1.67. The van der Waals surface area contributed by atoms with Gasteiger partial charge in [0.15, 0.2) is 5.78 Å². The van der Waals surface area contributed by atoms with Gasteiger partial charge in [-0.3, -0.25) is 24.0 Å². The van der Waals surface area contributed by atoms with Gasteiger partial charge in [0.25, 0.3) is 0 Å². The molecule has 1 aromatic carbocycles. The molecule has 0 unspecified atom stereocenters. The highest BCUT2D eigenvalue weighted by molar-refractivity contribution is 5.87. The summed E-state index contributed by atoms with van der Waals surface area (Å²) in [6.07, 6.45) is 10.3. The van der Waals surface area contributed by atoms with Gasteiger partial charge in [0, 0.05) is 51.8 Å². The van der Waals surface area contributed by atoms with Crippen LogP contribution in [0.2, 0.25) is 0 Å². The second kappa shape index (κ2) is 34.3. The van der Waals surface area contributed by atoms with Crippen LogP contribution in [-0.2, 0) is 42.9 Å². The van der Waals surface area contributed by atoms with E-state index < -0.39 is 11.9 Å². The number of carbonyl (C=O) groups is 6. The van der Waals surface area contributed by atoms with Crippen molar-refractivity contribution in [2.45, 2.75) is 110 Å². The summed E-state index contributed by atoms with van der Waals surface area (Å²) in [4.78, 5) is 70.5. The third-order valence-electron chi connectivity index (χ3n) is 8.66. The first-order chi connectivity index (χ1) is 27.1. The molecule has 0 aliphatic rings. The van der Waals surface area contributed by atoms with Gasteiger partial charge >= 0.3 is 11.9 Å². The van der Waals surface area contributed by atoms with Crippen LogP contribution >= 0.6 is 0 Å². The number of amides is 2. The molecule has 0 aromatic heterocycles. The Kier molecular flexibility index (Phi) is 30.7. The van der Waals surface area contributed by atoms with E-state index in [-0.39, 0.29) is 87.2 Å². The zero-order valence-corrected chi connectivity index (χ0v) is 33.4. The summed E-state index contributed by atoms with van der Waals surface area (Å²) in [6, 6.07) is 6.36. The molecule has 1 rings (SSSR count). The SMILES string of the molecule is CCCNC(=O)COCCOCCCC(=O)COCCOCCNC(=O)CC[C@H](CCC(=O)O)CC(=O)CCCCCCCCCOc1ccc(C(=O)O)cc1. The van der Waals surface area contributed by atoms with Crippen molar-refractivity contribution < 1.29 is 62.7 Å². The molecule has 1 aromatic rings. The quantitative estimate of drug-likeness (QED) is 0.0635. The van der Waals surface area contributed by atoms with E-state index in [9.17, 15) is 28.8 Å². The first-order valence-corrected chi connectivity index (χ1v) is 20.2. The zero-order valence-electron chi connectivity index (χ0n) is 33.4. The summed E-state index contributed by atoms with van der Waals surface area (Å²) in [5.41, 5.74) is 0.228. The molecular formula is C41H66N2O13. The Morgan fingerprint density at radius 1 is 0.571 bits per heavy atom. The van der Waals surface area contributed by atoms with Gasteiger partial charge < -0.3 is 44.5 Å². The number of aliphatic carboxylic acids is 1. The van der Waals surface area contributed by atoms with E-state index >= 15 is 0 Å². The molecule has 56 heavy (non-hydrogen) atoms. The van der Waals surface area contributed by atoms with Crippen molar-refractivity contribution in [1.29, 1.82) is 0 Å². The molecule has 2 amide bonds. The minimum atomic E-state index is -0.965. The smallest absolute Gasteiger partial charge is 0.335 e. The number of carbonyl (C=O) groups excluding carboxylic acids is 4. The van der Waals surface area contributed by atoms with Crippen LogP contribution in [0.5, 0.6) is 5.75 Å². The Labute approximate surface area is 331 Å². The van der Waals surface area contributed by atoms with Gasteiger partial charge in [-0.15, -0.1) is 0 Å². The van der Waals surface area contributed by atoms with Gasteiger partial charge in [-0.25, -0.2) is 4.79 Å². The highest BCUT2D eigenvalue weighted by Gasteiger charge is 2.17. The van der Waals surface area contributed by atoms with Gasteiger partial charge in [-0.2, -0.15) is 0 Å². The van der Waals surface area contributed by atoms with Crippen LogP contribution in [-0.4, -0.2) is 118 Å². The van der Waals surface area contributed by atoms with Crippen molar-refractivity contribution in [1.82, 2.24) is 10.6 Å². The van der Waals surface area contributed by atoms with Crippen LogP contribution < -0.4 is 15.4 Å². The summed E-state index contributed by atoms with van der Waals surface area (Å²) < 4.78 is 27.1. The molecule has 0 saturated heterocycles. The molecule has 0 aliphatic carbocycles. The molecule has 0 radical (unpaired) electrons. The number of carboxylic acid groups (broad SMARTS) is 2. The molecule has 0 spiro atoms. The normalized spacial score (nSPS) is 11.5. The zero-order chi connectivity index (χ0) is 41.1. The van der Waals surface area contributed by atoms with Gasteiger partial charge in [0.05, 0.1) is 45.2 Å². The Balaban J connectivity index is 2.03. The number of ketones is 2. The minimum Gasteiger partial charge on any atom is -0.494 e. The first-order valence-electron chi connectivity index (χ1n) is 20.2. The van der Waals surface area contributed by atoms with Crippen molar-refractivity contribution in [2.24, 2.45) is 5.92 Å². The molecule has 0 aliphatic heterocycles. The van der Waals surface area contributed by atoms with Gasteiger partial charge in [0.1, 0.15) is 24.7 Å². The molecule has 0 fully saturated rings. The fourth-order valence-corrected chi connectivity index (χ4v) is 5.53. The maximum Gasteiger partial charge on any atom is 0.335 e. The van der Waals surface area contributed by atoms with Gasteiger partial charge in [-0.1, -0.05) is 39.0 Å². The van der Waals surface area contributed by atoms with E-state index in [1.54, 1.807) is 12.1 Å². The van der Waals surface area contributed by atoms with Crippen molar-refractivity contribution in [3.63, 3.8) is 0 Å². The number of rotatable bonds is 39. The average molecular weight is 795 g/mol. The van der Waals surface area contributed by atoms with E-state index in [2.05, 4.69) is 10.6 Å². The molecule has 0 saturated carbocycles. The summed E-state index contributed by atoms with van der Waals surface area (Å²) >= 11 is 0. The molecule has 0 bridgehead atoms. The van der Waals surface area contributed by atoms with Crippen molar-refractivity contribution in [2.75, 3.05) is 72.6 Å². The predicted octanol–water partition coefficient (Wildman–Crippen LogP) is 5.16. The van der Waals surface area contributed by atoms with Crippen LogP contribution in [0.1, 0.15) is 120 Å². The maximum absolute atomic E-state index is 12.7. The molecule has 0 heterocycles. The number of ether oxygens (including phenoxy) is 5. The highest BCUT2D eigenvalue weighted by Crippen LogP contribution is 2.20. The van der Waals surface area contributed by atoms with E-state index in [0.29, 0.717) is 77.4 Å². The molecule has 15 nitrogen and oxygen atoms in total. The van der Waals surface area contributed by atoms with Crippen LogP contribution in [0, 0.1) is 5.92 Å². The van der Waals surface area contributed by atoms with Crippen LogP contribution in [0.4, 0.5) is 0 Å². The van der Waals surface area contributed by atoms with Crippen LogP contribution in [0.15, 0.2) is 24.3 Å². The fourth-order valence-electron chi connectivity index (χ4n) is 5.53. The Morgan fingerprint density at radius 3 is 1.84 bits per heavy atom. The molecule has 4 N–H and O–H groups in total. The largest absolute Gasteiger partial charge is 0.494 e. The average Bonchev–Trinajstić information content (AvgIpc) is 3.17. The lowest BCUT2D eigenvalue weighted by Crippen LogP contribution is -2.28. The maximum atomic E-state index is 12.7. The van der Waals surface area contributed by atoms with Crippen molar-refractivity contribution in [3.8, 4) is 5.75 Å². The third kappa shape index (κ3) is 30.3. The summed E-state index contributed by atoms with van der Waals surface area (Å²) in [5, 5.41) is 23.6. The van der Waals surface area contributed by atoms with Crippen LogP contribution in [0.3, 0.4) is 0 Å². The monoisotopic (exact) mass is 794 g/mol. The van der Waals surface area contributed by atoms with Crippen molar-refractivity contribution in [3.05, 3.63) is 29.8 Å². The number of hydrogen-bond donors (Lipinski definition) is 4. The van der Waals surface area contributed by atoms with E-state index in [1.165, 1.54) is 12.1 Å². The lowest BCUT2D eigenvalue weighted by atomic mass is 9.90. The summed E-state index contributed by atoms with van der Waals surface area (Å²) in [7, 11) is 0. The minimum absolute atomic E-state index is 0.00307. The number of hydrogen-bond acceptors (Lipinski definition) is 11. The van der Waals surface area contributed by atoms with Crippen molar-refractivity contribution >= 4 is 35.3 Å². The fraction of sp³-hybridized carbons (Fsp3) is 0.707. The second-order valence-electron chi connectivity index (χ2n) is 13.7. The lowest BCUT2D eigenvalue weighted by Gasteiger charge is -2.15. The topological polar surface area (TPSA) is 213 Å². The molecule has 1 atom stereocenters. The number of carboxylic acids is 2. The standard InChI is InChI=1S/C41H66N2O13/c1-2-21-42-39(47)32-55-29-26-52-23-10-12-36(45)31-54-28-27-53-25-22-43-38(46)19-13-33(14-20-40(48)49)30-35(44)11-8-6-4-3-5-7-9-24-56-37-17-15-34(16-18-37)41(50)51/h15-18,33H,2-14,19-32H2,1H3,(H,42,47)(H,43,46)(H,48,49)(H,50,51)/t33-/m1/s1. The number of benzene rings is 1. The molecule has 15 heteroatoms. The van der Waals surface area contributed by atoms with E-state index in [4.69, 9.17) is 33.9 Å². The molecule has 318 valence electrons. The Hall–Kier alpha value is -3.92. The van der Waals surface area contributed by atoms with E-state index in [0.717, 1.165) is 51.4 Å². The summed E-state index contributed by atoms with van der Waals surface area (Å²) in [6.45, 7) is 5.30. The third-order valence-corrected chi connectivity index (χ3v) is 8.66.